The lowest BCUT2D eigenvalue weighted by molar-refractivity contribution is 0.0772. The fourth-order valence-electron chi connectivity index (χ4n) is 3.87. The van der Waals surface area contributed by atoms with E-state index in [1.165, 1.54) is 12.1 Å². The van der Waals surface area contributed by atoms with Crippen molar-refractivity contribution in [2.75, 3.05) is 17.8 Å². The summed E-state index contributed by atoms with van der Waals surface area (Å²) in [6.07, 6.45) is 0.463. The highest BCUT2D eigenvalue weighted by molar-refractivity contribution is 7.92. The Hall–Kier alpha value is -3.59. The number of anilines is 1. The Bertz CT molecular complexity index is 1380. The Kier molecular flexibility index (Phi) is 6.47. The lowest BCUT2D eigenvalue weighted by Gasteiger charge is -2.18. The van der Waals surface area contributed by atoms with E-state index in [2.05, 4.69) is 4.72 Å². The van der Waals surface area contributed by atoms with Crippen LogP contribution in [0, 0.1) is 13.8 Å². The van der Waals surface area contributed by atoms with E-state index in [1.54, 1.807) is 52.9 Å². The van der Waals surface area contributed by atoms with Crippen LogP contribution in [0.4, 0.5) is 5.69 Å². The summed E-state index contributed by atoms with van der Waals surface area (Å²) in [4.78, 5) is 26.8. The van der Waals surface area contributed by atoms with Crippen molar-refractivity contribution in [3.05, 3.63) is 87.8 Å². The molecule has 34 heavy (non-hydrogen) atoms. The van der Waals surface area contributed by atoms with E-state index in [9.17, 15) is 18.0 Å². The fourth-order valence-corrected chi connectivity index (χ4v) is 5.03. The first-order valence-electron chi connectivity index (χ1n) is 11.0. The summed E-state index contributed by atoms with van der Waals surface area (Å²) in [5.41, 5.74) is 2.34. The van der Waals surface area contributed by atoms with Crippen LogP contribution >= 0.6 is 0 Å². The Balaban J connectivity index is 1.39. The molecule has 2 aromatic carbocycles. The zero-order chi connectivity index (χ0) is 24.5. The number of carbonyl (C=O) groups excluding carboxylic acids is 1. The van der Waals surface area contributed by atoms with E-state index in [-0.39, 0.29) is 22.5 Å². The van der Waals surface area contributed by atoms with Gasteiger partial charge in [0.1, 0.15) is 11.9 Å². The standard InChI is InChI=1S/C25H27N3O5S/c1-17-5-4-6-23(13-17)34(31,32)26-20-9-7-19(8-10-20)25(30)28-12-11-21(16-28)33-22-14-18(2)27(3)24(29)15-22/h4-10,13-15,21,26H,11-12,16H2,1-3H3. The number of ether oxygens (including phenoxy) is 1. The third-order valence-corrected chi connectivity index (χ3v) is 7.27. The van der Waals surface area contributed by atoms with Gasteiger partial charge in [0.15, 0.2) is 0 Å². The van der Waals surface area contributed by atoms with Gasteiger partial charge in [-0.2, -0.15) is 0 Å². The lowest BCUT2D eigenvalue weighted by atomic mass is 10.2. The van der Waals surface area contributed by atoms with E-state index >= 15 is 0 Å². The van der Waals surface area contributed by atoms with E-state index < -0.39 is 10.0 Å². The SMILES string of the molecule is Cc1cccc(S(=O)(=O)Nc2ccc(C(=O)N3CCC(Oc4cc(C)n(C)c(=O)c4)C3)cc2)c1. The third-order valence-electron chi connectivity index (χ3n) is 5.90. The fraction of sp³-hybridized carbons (Fsp3) is 0.280. The van der Waals surface area contributed by atoms with Crippen LogP contribution in [0.1, 0.15) is 28.0 Å². The number of amides is 1. The molecule has 2 heterocycles. The minimum absolute atomic E-state index is 0.140. The minimum Gasteiger partial charge on any atom is -0.488 e. The second-order valence-corrected chi connectivity index (χ2v) is 10.2. The summed E-state index contributed by atoms with van der Waals surface area (Å²) in [5, 5.41) is 0. The molecule has 9 heteroatoms. The highest BCUT2D eigenvalue weighted by atomic mass is 32.2. The van der Waals surface area contributed by atoms with Crippen LogP contribution in [0.25, 0.3) is 0 Å². The predicted octanol–water partition coefficient (Wildman–Crippen LogP) is 3.10. The number of aryl methyl sites for hydroxylation is 2. The van der Waals surface area contributed by atoms with Gasteiger partial charge in [0.2, 0.25) is 0 Å². The number of benzene rings is 2. The van der Waals surface area contributed by atoms with Crippen LogP contribution in [-0.2, 0) is 17.1 Å². The number of sulfonamides is 1. The van der Waals surface area contributed by atoms with Gasteiger partial charge < -0.3 is 14.2 Å². The molecule has 1 amide bonds. The highest BCUT2D eigenvalue weighted by Crippen LogP contribution is 2.22. The maximum Gasteiger partial charge on any atom is 0.261 e. The van der Waals surface area contributed by atoms with Gasteiger partial charge >= 0.3 is 0 Å². The molecule has 0 radical (unpaired) electrons. The first kappa shape index (κ1) is 23.6. The van der Waals surface area contributed by atoms with E-state index in [0.717, 1.165) is 11.3 Å². The van der Waals surface area contributed by atoms with Crippen molar-refractivity contribution < 1.29 is 17.9 Å². The number of rotatable bonds is 6. The summed E-state index contributed by atoms with van der Waals surface area (Å²) < 4.78 is 35.3. The number of hydrogen-bond acceptors (Lipinski definition) is 5. The van der Waals surface area contributed by atoms with Crippen LogP contribution < -0.4 is 15.0 Å². The number of nitrogens with one attached hydrogen (secondary N) is 1. The van der Waals surface area contributed by atoms with Crippen molar-refractivity contribution in [2.24, 2.45) is 7.05 Å². The van der Waals surface area contributed by atoms with Gasteiger partial charge in [-0.05, 0) is 61.9 Å². The first-order chi connectivity index (χ1) is 16.1. The predicted molar refractivity (Wildman–Crippen MR) is 130 cm³/mol. The third kappa shape index (κ3) is 5.14. The summed E-state index contributed by atoms with van der Waals surface area (Å²) in [6, 6.07) is 16.3. The number of nitrogens with zero attached hydrogens (tertiary/aromatic N) is 2. The van der Waals surface area contributed by atoms with Crippen molar-refractivity contribution in [3.8, 4) is 5.75 Å². The van der Waals surface area contributed by atoms with Crippen LogP contribution in [0.3, 0.4) is 0 Å². The molecule has 1 atom stereocenters. The summed E-state index contributed by atoms with van der Waals surface area (Å²) in [5.74, 6) is 0.351. The second kappa shape index (κ2) is 9.34. The first-order valence-corrected chi connectivity index (χ1v) is 12.4. The summed E-state index contributed by atoms with van der Waals surface area (Å²) >= 11 is 0. The number of hydrogen-bond donors (Lipinski definition) is 1. The van der Waals surface area contributed by atoms with Gasteiger partial charge in [-0.3, -0.25) is 14.3 Å². The van der Waals surface area contributed by atoms with Crippen molar-refractivity contribution in [2.45, 2.75) is 31.3 Å². The normalized spacial score (nSPS) is 15.9. The van der Waals surface area contributed by atoms with E-state index in [0.29, 0.717) is 36.5 Å². The highest BCUT2D eigenvalue weighted by Gasteiger charge is 2.28. The van der Waals surface area contributed by atoms with Gasteiger partial charge in [-0.1, -0.05) is 12.1 Å². The number of carbonyl (C=O) groups is 1. The lowest BCUT2D eigenvalue weighted by Crippen LogP contribution is -2.31. The molecule has 3 aromatic rings. The molecule has 8 nitrogen and oxygen atoms in total. The average molecular weight is 482 g/mol. The molecular weight excluding hydrogens is 454 g/mol. The molecule has 0 spiro atoms. The second-order valence-electron chi connectivity index (χ2n) is 8.51. The van der Waals surface area contributed by atoms with Crippen molar-refractivity contribution >= 4 is 21.6 Å². The van der Waals surface area contributed by atoms with Crippen LogP contribution in [0.2, 0.25) is 0 Å². The number of pyridine rings is 1. The van der Waals surface area contributed by atoms with Crippen molar-refractivity contribution in [3.63, 3.8) is 0 Å². The summed E-state index contributed by atoms with van der Waals surface area (Å²) in [7, 11) is -2.01. The van der Waals surface area contributed by atoms with Crippen molar-refractivity contribution in [1.82, 2.24) is 9.47 Å². The van der Waals surface area contributed by atoms with Crippen molar-refractivity contribution in [1.29, 1.82) is 0 Å². The molecule has 1 N–H and O–H groups in total. The Morgan fingerprint density at radius 2 is 1.79 bits per heavy atom. The molecule has 1 saturated heterocycles. The molecule has 1 fully saturated rings. The maximum atomic E-state index is 12.9. The average Bonchev–Trinajstić information content (AvgIpc) is 3.25. The Morgan fingerprint density at radius 3 is 2.47 bits per heavy atom. The number of likely N-dealkylation sites (tertiary alicyclic amines) is 1. The molecule has 1 unspecified atom stereocenters. The van der Waals surface area contributed by atoms with Gasteiger partial charge in [-0.25, -0.2) is 8.42 Å². The topological polar surface area (TPSA) is 97.7 Å². The molecule has 4 rings (SSSR count). The Labute approximate surface area is 198 Å². The minimum atomic E-state index is -3.72. The zero-order valence-electron chi connectivity index (χ0n) is 19.3. The molecule has 0 saturated carbocycles. The van der Waals surface area contributed by atoms with Gasteiger partial charge in [0.05, 0.1) is 11.4 Å². The van der Waals surface area contributed by atoms with Crippen LogP contribution in [-0.4, -0.2) is 43.0 Å². The van der Waals surface area contributed by atoms with Gasteiger partial charge in [-0.15, -0.1) is 0 Å². The molecule has 1 aromatic heterocycles. The number of aromatic nitrogens is 1. The molecule has 1 aliphatic rings. The zero-order valence-corrected chi connectivity index (χ0v) is 20.1. The maximum absolute atomic E-state index is 12.9. The molecule has 0 aliphatic carbocycles. The molecule has 1 aliphatic heterocycles. The molecule has 178 valence electrons. The van der Waals surface area contributed by atoms with Crippen LogP contribution in [0.15, 0.2) is 70.4 Å². The molecular formula is C25H27N3O5S. The van der Waals surface area contributed by atoms with Gasteiger partial charge in [0, 0.05) is 43.0 Å². The van der Waals surface area contributed by atoms with Gasteiger partial charge in [0.25, 0.3) is 21.5 Å². The molecule has 0 bridgehead atoms. The van der Waals surface area contributed by atoms with Crippen LogP contribution in [0.5, 0.6) is 5.75 Å². The largest absolute Gasteiger partial charge is 0.488 e. The smallest absolute Gasteiger partial charge is 0.261 e. The monoisotopic (exact) mass is 481 g/mol. The van der Waals surface area contributed by atoms with E-state index in [4.69, 9.17) is 4.74 Å². The quantitative estimate of drug-likeness (QED) is 0.584. The Morgan fingerprint density at radius 1 is 1.06 bits per heavy atom. The van der Waals surface area contributed by atoms with E-state index in [1.807, 2.05) is 26.0 Å². The summed E-state index contributed by atoms with van der Waals surface area (Å²) in [6.45, 7) is 4.61.